The quantitative estimate of drug-likeness (QED) is 0.742. The average molecular weight is 327 g/mol. The maximum atomic E-state index is 13.8. The number of aromatic nitrogens is 1. The number of aliphatic hydroxyl groups is 1. The highest BCUT2D eigenvalue weighted by Gasteiger charge is 2.13. The Morgan fingerprint density at radius 1 is 1.38 bits per heavy atom. The molecule has 1 aromatic heterocycles. The van der Waals surface area contributed by atoms with E-state index in [1.807, 2.05) is 0 Å². The number of hydrogen-bond donors (Lipinski definition) is 3. The molecule has 0 aliphatic heterocycles. The fourth-order valence-electron chi connectivity index (χ4n) is 1.55. The van der Waals surface area contributed by atoms with E-state index in [9.17, 15) is 9.18 Å². The first-order chi connectivity index (χ1) is 10.0. The van der Waals surface area contributed by atoms with E-state index < -0.39 is 11.7 Å². The Kier molecular flexibility index (Phi) is 4.86. The maximum Gasteiger partial charge on any atom is 0.272 e. The van der Waals surface area contributed by atoms with Gasteiger partial charge in [0.2, 0.25) is 0 Å². The number of aromatic amines is 1. The van der Waals surface area contributed by atoms with Gasteiger partial charge in [0.05, 0.1) is 10.7 Å². The standard InChI is InChI=1S/C14H9Cl2FN2O2/c15-9-7-12(18-13(9)16)14(21)19-11-4-3-8(2-1-5-20)6-10(11)17/h3-4,6-7,18,20H,5H2,(H,19,21). The summed E-state index contributed by atoms with van der Waals surface area (Å²) in [4.78, 5) is 14.5. The van der Waals surface area contributed by atoms with Crippen molar-refractivity contribution >= 4 is 34.8 Å². The number of anilines is 1. The highest BCUT2D eigenvalue weighted by Crippen LogP contribution is 2.23. The number of H-pyrrole nitrogens is 1. The van der Waals surface area contributed by atoms with Crippen LogP contribution in [0, 0.1) is 17.7 Å². The summed E-state index contributed by atoms with van der Waals surface area (Å²) in [6.07, 6.45) is 0. The first-order valence-corrected chi connectivity index (χ1v) is 6.51. The minimum absolute atomic E-state index is 0.00334. The van der Waals surface area contributed by atoms with Gasteiger partial charge in [0, 0.05) is 5.56 Å². The molecule has 1 aromatic carbocycles. The van der Waals surface area contributed by atoms with Gasteiger partial charge < -0.3 is 15.4 Å². The van der Waals surface area contributed by atoms with Crippen LogP contribution in [-0.4, -0.2) is 22.6 Å². The predicted molar refractivity (Wildman–Crippen MR) is 79.1 cm³/mol. The summed E-state index contributed by atoms with van der Waals surface area (Å²) in [6.45, 7) is -0.311. The fraction of sp³-hybridized carbons (Fsp3) is 0.0714. The fourth-order valence-corrected chi connectivity index (χ4v) is 1.86. The molecule has 0 radical (unpaired) electrons. The lowest BCUT2D eigenvalue weighted by Gasteiger charge is -2.05. The molecule has 7 heteroatoms. The van der Waals surface area contributed by atoms with Gasteiger partial charge >= 0.3 is 0 Å². The number of amides is 1. The summed E-state index contributed by atoms with van der Waals surface area (Å²) in [7, 11) is 0. The SMILES string of the molecule is O=C(Nc1ccc(C#CCO)cc1F)c1cc(Cl)c(Cl)[nH]1. The molecule has 1 amide bonds. The van der Waals surface area contributed by atoms with Crippen LogP contribution in [0.1, 0.15) is 16.1 Å². The van der Waals surface area contributed by atoms with Crippen LogP contribution in [0.5, 0.6) is 0 Å². The molecule has 0 unspecified atom stereocenters. The highest BCUT2D eigenvalue weighted by molar-refractivity contribution is 6.41. The number of nitrogens with one attached hydrogen (secondary N) is 2. The van der Waals surface area contributed by atoms with Gasteiger partial charge in [0.15, 0.2) is 0 Å². The Bertz CT molecular complexity index is 728. The molecule has 4 nitrogen and oxygen atoms in total. The third-order valence-corrected chi connectivity index (χ3v) is 3.19. The van der Waals surface area contributed by atoms with E-state index in [1.54, 1.807) is 0 Å². The summed E-state index contributed by atoms with van der Waals surface area (Å²) in [6, 6.07) is 5.40. The smallest absolute Gasteiger partial charge is 0.272 e. The second-order valence-corrected chi connectivity index (χ2v) is 4.74. The molecule has 3 N–H and O–H groups in total. The van der Waals surface area contributed by atoms with Crippen LogP contribution in [0.15, 0.2) is 24.3 Å². The lowest BCUT2D eigenvalue weighted by Crippen LogP contribution is -2.13. The largest absolute Gasteiger partial charge is 0.384 e. The van der Waals surface area contributed by atoms with Crippen LogP contribution >= 0.6 is 23.2 Å². The van der Waals surface area contributed by atoms with Gasteiger partial charge in [0.25, 0.3) is 5.91 Å². The molecule has 0 aliphatic carbocycles. The number of rotatable bonds is 2. The zero-order valence-corrected chi connectivity index (χ0v) is 12.0. The number of carbonyl (C=O) groups excluding carboxylic acids is 1. The Balaban J connectivity index is 2.18. The van der Waals surface area contributed by atoms with Crippen molar-refractivity contribution in [3.63, 3.8) is 0 Å². The molecule has 0 saturated heterocycles. The van der Waals surface area contributed by atoms with Crippen molar-refractivity contribution in [3.05, 3.63) is 51.5 Å². The van der Waals surface area contributed by atoms with Crippen molar-refractivity contribution in [1.82, 2.24) is 4.98 Å². The number of aliphatic hydroxyl groups excluding tert-OH is 1. The molecular formula is C14H9Cl2FN2O2. The second-order valence-electron chi connectivity index (χ2n) is 3.95. The molecule has 0 aliphatic rings. The third-order valence-electron chi connectivity index (χ3n) is 2.50. The van der Waals surface area contributed by atoms with Crippen LogP contribution in [0.25, 0.3) is 0 Å². The molecule has 2 rings (SSSR count). The number of benzene rings is 1. The number of carbonyl (C=O) groups is 1. The summed E-state index contributed by atoms with van der Waals surface area (Å²) in [5, 5.41) is 11.3. The Morgan fingerprint density at radius 3 is 2.71 bits per heavy atom. The first kappa shape index (κ1) is 15.4. The van der Waals surface area contributed by atoms with Crippen LogP contribution in [0.3, 0.4) is 0 Å². The predicted octanol–water partition coefficient (Wildman–Crippen LogP) is 3.06. The van der Waals surface area contributed by atoms with E-state index >= 15 is 0 Å². The highest BCUT2D eigenvalue weighted by atomic mass is 35.5. The van der Waals surface area contributed by atoms with Crippen LogP contribution in [-0.2, 0) is 0 Å². The lowest BCUT2D eigenvalue weighted by atomic mass is 10.2. The molecule has 108 valence electrons. The third kappa shape index (κ3) is 3.76. The van der Waals surface area contributed by atoms with Crippen molar-refractivity contribution in [1.29, 1.82) is 0 Å². The second kappa shape index (κ2) is 6.64. The minimum atomic E-state index is -0.642. The summed E-state index contributed by atoms with van der Waals surface area (Å²) < 4.78 is 13.8. The molecule has 0 saturated carbocycles. The van der Waals surface area contributed by atoms with Crippen molar-refractivity contribution in [3.8, 4) is 11.8 Å². The summed E-state index contributed by atoms with van der Waals surface area (Å²) in [5.74, 6) is 3.75. The minimum Gasteiger partial charge on any atom is -0.384 e. The monoisotopic (exact) mass is 326 g/mol. The van der Waals surface area contributed by atoms with Crippen molar-refractivity contribution in [2.75, 3.05) is 11.9 Å². The zero-order valence-electron chi connectivity index (χ0n) is 10.5. The van der Waals surface area contributed by atoms with Gasteiger partial charge in [-0.05, 0) is 24.3 Å². The topological polar surface area (TPSA) is 65.1 Å². The molecule has 21 heavy (non-hydrogen) atoms. The van der Waals surface area contributed by atoms with E-state index in [2.05, 4.69) is 22.1 Å². The number of hydrogen-bond acceptors (Lipinski definition) is 2. The Labute approximate surface area is 129 Å². The van der Waals surface area contributed by atoms with Crippen molar-refractivity contribution < 1.29 is 14.3 Å². The van der Waals surface area contributed by atoms with Gasteiger partial charge in [0.1, 0.15) is 23.3 Å². The van der Waals surface area contributed by atoms with Gasteiger partial charge in [-0.15, -0.1) is 0 Å². The molecule has 0 fully saturated rings. The number of halogens is 3. The van der Waals surface area contributed by atoms with E-state index in [0.717, 1.165) is 6.07 Å². The van der Waals surface area contributed by atoms with Gasteiger partial charge in [-0.2, -0.15) is 0 Å². The molecule has 0 spiro atoms. The average Bonchev–Trinajstić information content (AvgIpc) is 2.79. The van der Waals surface area contributed by atoms with Crippen LogP contribution in [0.4, 0.5) is 10.1 Å². The first-order valence-electron chi connectivity index (χ1n) is 5.76. The van der Waals surface area contributed by atoms with Crippen molar-refractivity contribution in [2.45, 2.75) is 0 Å². The van der Waals surface area contributed by atoms with Crippen LogP contribution < -0.4 is 5.32 Å². The zero-order chi connectivity index (χ0) is 15.4. The normalized spacial score (nSPS) is 9.90. The van der Waals surface area contributed by atoms with Gasteiger partial charge in [-0.25, -0.2) is 4.39 Å². The Morgan fingerprint density at radius 2 is 2.14 bits per heavy atom. The van der Waals surface area contributed by atoms with E-state index in [-0.39, 0.29) is 28.2 Å². The van der Waals surface area contributed by atoms with Gasteiger partial charge in [-0.3, -0.25) is 4.79 Å². The molecule has 2 aromatic rings. The molecule has 0 bridgehead atoms. The van der Waals surface area contributed by atoms with E-state index in [1.165, 1.54) is 18.2 Å². The lowest BCUT2D eigenvalue weighted by molar-refractivity contribution is 0.102. The Hall–Kier alpha value is -2.00. The molecule has 1 heterocycles. The van der Waals surface area contributed by atoms with Crippen molar-refractivity contribution in [2.24, 2.45) is 0 Å². The summed E-state index contributed by atoms with van der Waals surface area (Å²) in [5.41, 5.74) is 0.510. The summed E-state index contributed by atoms with van der Waals surface area (Å²) >= 11 is 11.4. The van der Waals surface area contributed by atoms with Crippen LogP contribution in [0.2, 0.25) is 10.2 Å². The van der Waals surface area contributed by atoms with Gasteiger partial charge in [-0.1, -0.05) is 35.0 Å². The maximum absolute atomic E-state index is 13.8. The van der Waals surface area contributed by atoms with E-state index in [0.29, 0.717) is 5.56 Å². The van der Waals surface area contributed by atoms with E-state index in [4.69, 9.17) is 28.3 Å². The molecular weight excluding hydrogens is 318 g/mol. The molecule has 0 atom stereocenters.